The molecule has 1 aliphatic heterocycles. The Hall–Kier alpha value is -1.27. The van der Waals surface area contributed by atoms with Crippen molar-refractivity contribution >= 4 is 40.8 Å². The van der Waals surface area contributed by atoms with E-state index in [-0.39, 0.29) is 18.3 Å². The van der Waals surface area contributed by atoms with Gasteiger partial charge in [-0.25, -0.2) is 0 Å². The summed E-state index contributed by atoms with van der Waals surface area (Å²) >= 11 is 6.05. The van der Waals surface area contributed by atoms with E-state index < -0.39 is 0 Å². The number of H-pyrrole nitrogens is 1. The molecule has 23 heavy (non-hydrogen) atoms. The fraction of sp³-hybridized carbons (Fsp3) is 0.438. The smallest absolute Gasteiger partial charge is 0.234 e. The monoisotopic (exact) mass is 356 g/mol. The number of piperazine rings is 1. The second kappa shape index (κ2) is 8.55. The molecule has 0 bridgehead atoms. The summed E-state index contributed by atoms with van der Waals surface area (Å²) in [6, 6.07) is 5.81. The van der Waals surface area contributed by atoms with Gasteiger partial charge in [0.1, 0.15) is 0 Å². The van der Waals surface area contributed by atoms with Crippen molar-refractivity contribution in [2.24, 2.45) is 0 Å². The number of carbonyl (C=O) groups excluding carboxylic acids is 1. The highest BCUT2D eigenvalue weighted by atomic mass is 35.5. The summed E-state index contributed by atoms with van der Waals surface area (Å²) in [5.41, 5.74) is 2.26. The van der Waals surface area contributed by atoms with Crippen LogP contribution in [0.15, 0.2) is 24.4 Å². The number of hydrogen-bond acceptors (Lipinski definition) is 3. The molecule has 0 spiro atoms. The second-order valence-corrected chi connectivity index (χ2v) is 6.07. The Morgan fingerprint density at radius 3 is 2.87 bits per heavy atom. The fourth-order valence-electron chi connectivity index (χ4n) is 2.82. The number of nitrogens with zero attached hydrogens (tertiary/aromatic N) is 1. The summed E-state index contributed by atoms with van der Waals surface area (Å²) in [7, 11) is 0. The number of halogens is 2. The van der Waals surface area contributed by atoms with Crippen molar-refractivity contribution < 1.29 is 4.79 Å². The maximum Gasteiger partial charge on any atom is 0.234 e. The van der Waals surface area contributed by atoms with Gasteiger partial charge in [-0.2, -0.15) is 0 Å². The van der Waals surface area contributed by atoms with Crippen molar-refractivity contribution in [2.45, 2.75) is 6.42 Å². The van der Waals surface area contributed by atoms with Crippen molar-refractivity contribution in [3.8, 4) is 0 Å². The van der Waals surface area contributed by atoms with Gasteiger partial charge in [-0.3, -0.25) is 9.69 Å². The third-order valence-corrected chi connectivity index (χ3v) is 4.26. The molecule has 2 heterocycles. The molecule has 0 saturated carbocycles. The topological polar surface area (TPSA) is 60.2 Å². The van der Waals surface area contributed by atoms with Crippen LogP contribution in [0.3, 0.4) is 0 Å². The zero-order valence-electron chi connectivity index (χ0n) is 12.9. The molecule has 0 atom stereocenters. The summed E-state index contributed by atoms with van der Waals surface area (Å²) in [6.45, 7) is 4.93. The van der Waals surface area contributed by atoms with E-state index in [2.05, 4.69) is 20.5 Å². The molecule has 7 heteroatoms. The van der Waals surface area contributed by atoms with E-state index >= 15 is 0 Å². The van der Waals surface area contributed by atoms with Gasteiger partial charge in [0.25, 0.3) is 0 Å². The lowest BCUT2D eigenvalue weighted by Gasteiger charge is -2.26. The van der Waals surface area contributed by atoms with Gasteiger partial charge in [0, 0.05) is 54.8 Å². The average molecular weight is 357 g/mol. The molecular weight excluding hydrogens is 335 g/mol. The minimum atomic E-state index is 0. The van der Waals surface area contributed by atoms with Gasteiger partial charge in [-0.15, -0.1) is 12.4 Å². The summed E-state index contributed by atoms with van der Waals surface area (Å²) in [4.78, 5) is 17.4. The average Bonchev–Trinajstić information content (AvgIpc) is 2.91. The highest BCUT2D eigenvalue weighted by Gasteiger charge is 2.13. The predicted octanol–water partition coefficient (Wildman–Crippen LogP) is 1.81. The Labute approximate surface area is 147 Å². The highest BCUT2D eigenvalue weighted by molar-refractivity contribution is 6.31. The van der Waals surface area contributed by atoms with Crippen molar-refractivity contribution in [1.82, 2.24) is 20.5 Å². The lowest BCUT2D eigenvalue weighted by Crippen LogP contribution is -2.47. The summed E-state index contributed by atoms with van der Waals surface area (Å²) < 4.78 is 0. The van der Waals surface area contributed by atoms with Crippen LogP contribution in [0.2, 0.25) is 5.02 Å². The Bertz CT molecular complexity index is 653. The third-order valence-electron chi connectivity index (χ3n) is 4.02. The number of nitrogens with one attached hydrogen (secondary N) is 3. The van der Waals surface area contributed by atoms with E-state index in [0.29, 0.717) is 13.1 Å². The summed E-state index contributed by atoms with van der Waals surface area (Å²) in [5, 5.41) is 8.14. The maximum atomic E-state index is 12.0. The van der Waals surface area contributed by atoms with Crippen LogP contribution in [0.25, 0.3) is 10.9 Å². The molecule has 126 valence electrons. The van der Waals surface area contributed by atoms with Gasteiger partial charge in [0.2, 0.25) is 5.91 Å². The van der Waals surface area contributed by atoms with E-state index in [1.807, 2.05) is 24.4 Å². The van der Waals surface area contributed by atoms with Crippen LogP contribution in [0.4, 0.5) is 0 Å². The molecule has 1 aliphatic rings. The van der Waals surface area contributed by atoms with E-state index in [0.717, 1.165) is 48.5 Å². The fourth-order valence-corrected chi connectivity index (χ4v) is 2.99. The molecule has 5 nitrogen and oxygen atoms in total. The molecule has 1 fully saturated rings. The van der Waals surface area contributed by atoms with Gasteiger partial charge >= 0.3 is 0 Å². The van der Waals surface area contributed by atoms with E-state index in [4.69, 9.17) is 11.6 Å². The molecule has 2 aromatic rings. The molecule has 1 aromatic heterocycles. The van der Waals surface area contributed by atoms with Gasteiger partial charge in [-0.1, -0.05) is 11.6 Å². The summed E-state index contributed by atoms with van der Waals surface area (Å²) in [6.07, 6.45) is 2.79. The van der Waals surface area contributed by atoms with Crippen LogP contribution >= 0.6 is 24.0 Å². The van der Waals surface area contributed by atoms with Crippen LogP contribution in [-0.2, 0) is 11.2 Å². The predicted molar refractivity (Wildman–Crippen MR) is 96.6 cm³/mol. The molecule has 1 saturated heterocycles. The molecule has 0 aliphatic carbocycles. The highest BCUT2D eigenvalue weighted by Crippen LogP contribution is 2.22. The number of aromatic amines is 1. The Kier molecular flexibility index (Phi) is 6.72. The third kappa shape index (κ3) is 4.85. The number of aromatic nitrogens is 1. The van der Waals surface area contributed by atoms with Gasteiger partial charge in [0.05, 0.1) is 6.54 Å². The Balaban J connectivity index is 0.00000192. The maximum absolute atomic E-state index is 12.0. The lowest BCUT2D eigenvalue weighted by molar-refractivity contribution is -0.122. The van der Waals surface area contributed by atoms with Crippen LogP contribution in [-0.4, -0.2) is 55.1 Å². The van der Waals surface area contributed by atoms with Crippen molar-refractivity contribution in [3.63, 3.8) is 0 Å². The molecule has 0 unspecified atom stereocenters. The van der Waals surface area contributed by atoms with Crippen molar-refractivity contribution in [2.75, 3.05) is 39.3 Å². The SMILES string of the molecule is Cl.O=C(CN1CCNCC1)NCCc1c[nH]c2ccc(Cl)cc12. The first-order valence-electron chi connectivity index (χ1n) is 7.67. The largest absolute Gasteiger partial charge is 0.361 e. The molecule has 3 N–H and O–H groups in total. The molecule has 1 aromatic carbocycles. The van der Waals surface area contributed by atoms with E-state index in [1.165, 1.54) is 5.56 Å². The van der Waals surface area contributed by atoms with Crippen LogP contribution in [0, 0.1) is 0 Å². The second-order valence-electron chi connectivity index (χ2n) is 5.63. The number of carbonyl (C=O) groups is 1. The van der Waals surface area contributed by atoms with Gasteiger partial charge in [0.15, 0.2) is 0 Å². The zero-order chi connectivity index (χ0) is 15.4. The van der Waals surface area contributed by atoms with E-state index in [1.54, 1.807) is 0 Å². The molecule has 3 rings (SSSR count). The molecular formula is C16H22Cl2N4O. The normalized spacial score (nSPS) is 15.3. The number of benzene rings is 1. The molecule has 0 radical (unpaired) electrons. The zero-order valence-corrected chi connectivity index (χ0v) is 14.5. The van der Waals surface area contributed by atoms with Crippen molar-refractivity contribution in [1.29, 1.82) is 0 Å². The number of fused-ring (bicyclic) bond motifs is 1. The van der Waals surface area contributed by atoms with Gasteiger partial charge < -0.3 is 15.6 Å². The molecule has 1 amide bonds. The quantitative estimate of drug-likeness (QED) is 0.765. The first-order valence-corrected chi connectivity index (χ1v) is 8.05. The minimum absolute atomic E-state index is 0. The lowest BCUT2D eigenvalue weighted by atomic mass is 10.1. The number of rotatable bonds is 5. The van der Waals surface area contributed by atoms with Crippen LogP contribution < -0.4 is 10.6 Å². The standard InChI is InChI=1S/C16H21ClN4O.ClH/c17-13-1-2-15-14(9-13)12(10-20-15)3-4-19-16(22)11-21-7-5-18-6-8-21;/h1-2,9-10,18,20H,3-8,11H2,(H,19,22);1H. The van der Waals surface area contributed by atoms with Gasteiger partial charge in [-0.05, 0) is 30.2 Å². The van der Waals surface area contributed by atoms with Crippen LogP contribution in [0.1, 0.15) is 5.56 Å². The first-order chi connectivity index (χ1) is 10.7. The first kappa shape index (κ1) is 18.1. The number of amides is 1. The minimum Gasteiger partial charge on any atom is -0.361 e. The number of hydrogen-bond donors (Lipinski definition) is 3. The Morgan fingerprint density at radius 2 is 2.09 bits per heavy atom. The Morgan fingerprint density at radius 1 is 1.30 bits per heavy atom. The van der Waals surface area contributed by atoms with Crippen LogP contribution in [0.5, 0.6) is 0 Å². The van der Waals surface area contributed by atoms with Crippen molar-refractivity contribution in [3.05, 3.63) is 35.0 Å². The summed E-state index contributed by atoms with van der Waals surface area (Å²) in [5.74, 6) is 0.0970. The van der Waals surface area contributed by atoms with E-state index in [9.17, 15) is 4.79 Å².